The maximum atomic E-state index is 11.2. The lowest BCUT2D eigenvalue weighted by Crippen LogP contribution is -2.41. The minimum atomic E-state index is -0.615. The number of allylic oxidation sites excluding steroid dienone is 1. The van der Waals surface area contributed by atoms with Gasteiger partial charge < -0.3 is 9.47 Å². The van der Waals surface area contributed by atoms with Crippen molar-refractivity contribution in [3.8, 4) is 0 Å². The highest BCUT2D eigenvalue weighted by atomic mass is 16.7. The molecule has 102 valence electrons. The lowest BCUT2D eigenvalue weighted by Gasteiger charge is -2.31. The zero-order valence-electron chi connectivity index (χ0n) is 11.4. The minimum absolute atomic E-state index is 0.0783. The molecule has 2 aliphatic rings. The number of hydrogen-bond donors (Lipinski definition) is 0. The summed E-state index contributed by atoms with van der Waals surface area (Å²) in [6.07, 6.45) is 1.10. The van der Waals surface area contributed by atoms with Gasteiger partial charge in [0.15, 0.2) is 5.79 Å². The normalized spacial score (nSPS) is 35.9. The van der Waals surface area contributed by atoms with Gasteiger partial charge in [-0.1, -0.05) is 11.1 Å². The van der Waals surface area contributed by atoms with Crippen molar-refractivity contribution < 1.29 is 14.4 Å². The van der Waals surface area contributed by atoms with E-state index in [0.717, 1.165) is 12.0 Å². The molecule has 1 saturated heterocycles. The van der Waals surface area contributed by atoms with Gasteiger partial charge in [-0.25, -0.2) is 0 Å². The maximum absolute atomic E-state index is 11.2. The molecule has 0 aromatic rings. The monoisotopic (exact) mass is 255 g/mol. The molecule has 0 saturated carbocycles. The standard InChI is InChI=1S/C13H21NO4/c1-8-5-10(11(14(15)16)6-9(8)2)12-7-17-13(3,4)18-12/h10-12H,5-7H2,1-4H3/t10-,11-,12+/m1/s1. The average Bonchev–Trinajstić information content (AvgIpc) is 2.62. The molecule has 18 heavy (non-hydrogen) atoms. The molecule has 1 aliphatic carbocycles. The molecule has 0 amide bonds. The van der Waals surface area contributed by atoms with E-state index < -0.39 is 11.8 Å². The van der Waals surface area contributed by atoms with Crippen LogP contribution in [-0.2, 0) is 9.47 Å². The molecular formula is C13H21NO4. The molecule has 0 N–H and O–H groups in total. The summed E-state index contributed by atoms with van der Waals surface area (Å²) in [7, 11) is 0. The van der Waals surface area contributed by atoms with Crippen molar-refractivity contribution in [1.29, 1.82) is 0 Å². The number of ether oxygens (including phenoxy) is 2. The van der Waals surface area contributed by atoms with Crippen LogP contribution in [0.5, 0.6) is 0 Å². The molecule has 0 aromatic carbocycles. The second-order valence-electron chi connectivity index (χ2n) is 5.85. The summed E-state index contributed by atoms with van der Waals surface area (Å²) < 4.78 is 11.3. The number of nitrogens with zero attached hydrogens (tertiary/aromatic N) is 1. The fourth-order valence-corrected chi connectivity index (χ4v) is 2.84. The third kappa shape index (κ3) is 2.57. The van der Waals surface area contributed by atoms with Crippen LogP contribution >= 0.6 is 0 Å². The van der Waals surface area contributed by atoms with Gasteiger partial charge in [0, 0.05) is 11.3 Å². The van der Waals surface area contributed by atoms with E-state index in [4.69, 9.17) is 9.47 Å². The van der Waals surface area contributed by atoms with Gasteiger partial charge >= 0.3 is 0 Å². The van der Waals surface area contributed by atoms with Gasteiger partial charge in [-0.3, -0.25) is 10.1 Å². The van der Waals surface area contributed by atoms with Gasteiger partial charge in [-0.2, -0.15) is 0 Å². The molecule has 1 aliphatic heterocycles. The third-order valence-electron chi connectivity index (χ3n) is 4.06. The van der Waals surface area contributed by atoms with Gasteiger partial charge in [0.2, 0.25) is 6.04 Å². The van der Waals surface area contributed by atoms with Crippen molar-refractivity contribution in [1.82, 2.24) is 0 Å². The van der Waals surface area contributed by atoms with Gasteiger partial charge in [0.1, 0.15) is 0 Å². The number of rotatable bonds is 2. The van der Waals surface area contributed by atoms with Crippen LogP contribution in [0.4, 0.5) is 0 Å². The van der Waals surface area contributed by atoms with E-state index in [1.807, 2.05) is 20.8 Å². The van der Waals surface area contributed by atoms with Crippen LogP contribution in [0.15, 0.2) is 11.1 Å². The summed E-state index contributed by atoms with van der Waals surface area (Å²) in [5.74, 6) is -0.693. The zero-order valence-corrected chi connectivity index (χ0v) is 11.4. The van der Waals surface area contributed by atoms with Crippen molar-refractivity contribution in [3.63, 3.8) is 0 Å². The van der Waals surface area contributed by atoms with Crippen LogP contribution < -0.4 is 0 Å². The molecule has 0 bridgehead atoms. The second-order valence-corrected chi connectivity index (χ2v) is 5.85. The van der Waals surface area contributed by atoms with Crippen LogP contribution in [-0.4, -0.2) is 29.5 Å². The smallest absolute Gasteiger partial charge is 0.222 e. The Kier molecular flexibility index (Phi) is 3.47. The molecule has 0 aromatic heterocycles. The molecular weight excluding hydrogens is 234 g/mol. The van der Waals surface area contributed by atoms with Crippen LogP contribution in [0.3, 0.4) is 0 Å². The fraction of sp³-hybridized carbons (Fsp3) is 0.846. The van der Waals surface area contributed by atoms with Crippen molar-refractivity contribution in [3.05, 3.63) is 21.3 Å². The highest BCUT2D eigenvalue weighted by Crippen LogP contribution is 2.38. The molecule has 5 heteroatoms. The SMILES string of the molecule is CC1=C(C)C[C@@H]([N+](=O)[O-])[C@H]([C@@H]2COC(C)(C)O2)C1. The highest BCUT2D eigenvalue weighted by Gasteiger charge is 2.46. The van der Waals surface area contributed by atoms with Gasteiger partial charge in [0.25, 0.3) is 0 Å². The third-order valence-corrected chi connectivity index (χ3v) is 4.06. The lowest BCUT2D eigenvalue weighted by atomic mass is 9.78. The topological polar surface area (TPSA) is 61.6 Å². The minimum Gasteiger partial charge on any atom is -0.348 e. The Balaban J connectivity index is 2.18. The summed E-state index contributed by atoms with van der Waals surface area (Å²) in [5, 5.41) is 11.2. The first kappa shape index (κ1) is 13.5. The molecule has 2 rings (SSSR count). The Morgan fingerprint density at radius 2 is 1.89 bits per heavy atom. The van der Waals surface area contributed by atoms with Crippen molar-refractivity contribution in [2.75, 3.05) is 6.61 Å². The zero-order chi connectivity index (χ0) is 13.5. The van der Waals surface area contributed by atoms with E-state index >= 15 is 0 Å². The Bertz CT molecular complexity index is 388. The Morgan fingerprint density at radius 1 is 1.28 bits per heavy atom. The van der Waals surface area contributed by atoms with E-state index in [1.54, 1.807) is 0 Å². The summed E-state index contributed by atoms with van der Waals surface area (Å²) in [6.45, 7) is 8.20. The van der Waals surface area contributed by atoms with Crippen molar-refractivity contribution in [2.45, 2.75) is 58.5 Å². The van der Waals surface area contributed by atoms with Crippen LogP contribution in [0.2, 0.25) is 0 Å². The van der Waals surface area contributed by atoms with Crippen molar-refractivity contribution >= 4 is 0 Å². The molecule has 0 radical (unpaired) electrons. The van der Waals surface area contributed by atoms with Gasteiger partial charge in [-0.05, 0) is 34.1 Å². The molecule has 1 heterocycles. The van der Waals surface area contributed by atoms with Gasteiger partial charge in [0.05, 0.1) is 18.6 Å². The van der Waals surface area contributed by atoms with E-state index in [9.17, 15) is 10.1 Å². The summed E-state index contributed by atoms with van der Waals surface area (Å²) in [6, 6.07) is -0.545. The summed E-state index contributed by atoms with van der Waals surface area (Å²) in [4.78, 5) is 11.1. The summed E-state index contributed by atoms with van der Waals surface area (Å²) in [5.41, 5.74) is 2.40. The Hall–Kier alpha value is -0.940. The van der Waals surface area contributed by atoms with Crippen molar-refractivity contribution in [2.24, 2.45) is 5.92 Å². The predicted molar refractivity (Wildman–Crippen MR) is 66.8 cm³/mol. The predicted octanol–water partition coefficient (Wildman–Crippen LogP) is 2.53. The van der Waals surface area contributed by atoms with Crippen LogP contribution in [0.1, 0.15) is 40.5 Å². The first-order valence-corrected chi connectivity index (χ1v) is 6.40. The average molecular weight is 255 g/mol. The number of hydrogen-bond acceptors (Lipinski definition) is 4. The molecule has 0 spiro atoms. The number of nitro groups is 1. The first-order chi connectivity index (χ1) is 8.30. The molecule has 5 nitrogen and oxygen atoms in total. The maximum Gasteiger partial charge on any atom is 0.222 e. The van der Waals surface area contributed by atoms with E-state index in [1.165, 1.54) is 5.57 Å². The fourth-order valence-electron chi connectivity index (χ4n) is 2.84. The first-order valence-electron chi connectivity index (χ1n) is 6.40. The Morgan fingerprint density at radius 3 is 2.39 bits per heavy atom. The largest absolute Gasteiger partial charge is 0.348 e. The van der Waals surface area contributed by atoms with Gasteiger partial charge in [-0.15, -0.1) is 0 Å². The Labute approximate surface area is 107 Å². The van der Waals surface area contributed by atoms with E-state index in [-0.39, 0.29) is 16.9 Å². The van der Waals surface area contributed by atoms with Crippen LogP contribution in [0, 0.1) is 16.0 Å². The quantitative estimate of drug-likeness (QED) is 0.432. The molecule has 1 fully saturated rings. The van der Waals surface area contributed by atoms with E-state index in [0.29, 0.717) is 13.0 Å². The highest BCUT2D eigenvalue weighted by molar-refractivity contribution is 5.17. The molecule has 0 unspecified atom stereocenters. The van der Waals surface area contributed by atoms with Crippen LogP contribution in [0.25, 0.3) is 0 Å². The molecule has 3 atom stereocenters. The summed E-state index contributed by atoms with van der Waals surface area (Å²) >= 11 is 0. The second kappa shape index (κ2) is 4.63. The lowest BCUT2D eigenvalue weighted by molar-refractivity contribution is -0.535. The van der Waals surface area contributed by atoms with E-state index in [2.05, 4.69) is 6.92 Å².